The van der Waals surface area contributed by atoms with E-state index in [4.69, 9.17) is 0 Å². The molecular weight excluding hydrogens is 338 g/mol. The summed E-state index contributed by atoms with van der Waals surface area (Å²) in [6.45, 7) is 7.67. The predicted octanol–water partition coefficient (Wildman–Crippen LogP) is 4.67. The number of aryl methyl sites for hydroxylation is 1. The molecule has 0 atom stereocenters. The molecule has 0 radical (unpaired) electrons. The van der Waals surface area contributed by atoms with Gasteiger partial charge in [-0.1, -0.05) is 18.2 Å². The fraction of sp³-hybridized carbons (Fsp3) is 0.409. The van der Waals surface area contributed by atoms with Crippen LogP contribution in [-0.2, 0) is 0 Å². The zero-order chi connectivity index (χ0) is 19.1. The van der Waals surface area contributed by atoms with Gasteiger partial charge in [0.2, 0.25) is 0 Å². The highest BCUT2D eigenvalue weighted by molar-refractivity contribution is 6.12. The molecule has 0 spiro atoms. The van der Waals surface area contributed by atoms with Crippen molar-refractivity contribution in [1.82, 2.24) is 9.47 Å². The van der Waals surface area contributed by atoms with Crippen LogP contribution in [-0.4, -0.2) is 39.8 Å². The number of anilines is 1. The Morgan fingerprint density at radius 2 is 1.81 bits per heavy atom. The van der Waals surface area contributed by atoms with Crippen LogP contribution in [0, 0.1) is 6.92 Å². The molecule has 1 aliphatic rings. The Morgan fingerprint density at radius 1 is 1.11 bits per heavy atom. The van der Waals surface area contributed by atoms with E-state index in [1.807, 2.05) is 6.07 Å². The molecule has 1 saturated heterocycles. The number of aromatic nitrogens is 1. The molecule has 5 nitrogen and oxygen atoms in total. The molecule has 2 aromatic carbocycles. The number of nitrogens with zero attached hydrogens (tertiary/aromatic N) is 2. The van der Waals surface area contributed by atoms with E-state index in [9.17, 15) is 9.90 Å². The van der Waals surface area contributed by atoms with Crippen molar-refractivity contribution in [3.8, 4) is 0 Å². The highest BCUT2D eigenvalue weighted by Gasteiger charge is 2.22. The number of rotatable bonds is 2. The quantitative estimate of drug-likeness (QED) is 0.693. The second-order valence-electron chi connectivity index (χ2n) is 7.76. The van der Waals surface area contributed by atoms with Crippen molar-refractivity contribution in [2.75, 3.05) is 18.4 Å². The number of hydrogen-bond donors (Lipinski definition) is 2. The molecule has 2 heterocycles. The van der Waals surface area contributed by atoms with Crippen LogP contribution in [0.2, 0.25) is 0 Å². The number of aliphatic hydroxyl groups is 1. The van der Waals surface area contributed by atoms with Gasteiger partial charge in [0.05, 0.1) is 6.10 Å². The van der Waals surface area contributed by atoms with Crippen LogP contribution in [0.5, 0.6) is 0 Å². The van der Waals surface area contributed by atoms with Crippen LogP contribution in [0.4, 0.5) is 10.5 Å². The summed E-state index contributed by atoms with van der Waals surface area (Å²) < 4.78 is 2.36. The van der Waals surface area contributed by atoms with Gasteiger partial charge in [0.1, 0.15) is 0 Å². The van der Waals surface area contributed by atoms with Crippen molar-refractivity contribution >= 4 is 33.5 Å². The lowest BCUT2D eigenvalue weighted by molar-refractivity contribution is 0.0972. The smallest absolute Gasteiger partial charge is 0.321 e. The van der Waals surface area contributed by atoms with Crippen LogP contribution in [0.15, 0.2) is 36.4 Å². The maximum absolute atomic E-state index is 12.7. The van der Waals surface area contributed by atoms with Crippen LogP contribution in [0.3, 0.4) is 0 Å². The van der Waals surface area contributed by atoms with Crippen molar-refractivity contribution in [2.45, 2.75) is 45.8 Å². The first-order valence-corrected chi connectivity index (χ1v) is 9.73. The third-order valence-electron chi connectivity index (χ3n) is 5.65. The van der Waals surface area contributed by atoms with E-state index in [2.05, 4.69) is 61.0 Å². The summed E-state index contributed by atoms with van der Waals surface area (Å²) in [5.41, 5.74) is 4.36. The number of carbonyl (C=O) groups is 1. The van der Waals surface area contributed by atoms with Crippen LogP contribution >= 0.6 is 0 Å². The van der Waals surface area contributed by atoms with Gasteiger partial charge >= 0.3 is 6.03 Å². The van der Waals surface area contributed by atoms with Gasteiger partial charge in [0.15, 0.2) is 0 Å². The summed E-state index contributed by atoms with van der Waals surface area (Å²) in [4.78, 5) is 14.5. The fourth-order valence-electron chi connectivity index (χ4n) is 4.22. The number of nitrogens with one attached hydrogen (secondary N) is 1. The van der Waals surface area contributed by atoms with Gasteiger partial charge in [-0.05, 0) is 57.4 Å². The van der Waals surface area contributed by atoms with Gasteiger partial charge in [-0.25, -0.2) is 4.79 Å². The molecule has 142 valence electrons. The van der Waals surface area contributed by atoms with Gasteiger partial charge in [-0.3, -0.25) is 0 Å². The Balaban J connectivity index is 1.74. The first-order chi connectivity index (χ1) is 13.0. The maximum atomic E-state index is 12.7. The van der Waals surface area contributed by atoms with Crippen LogP contribution < -0.4 is 5.32 Å². The summed E-state index contributed by atoms with van der Waals surface area (Å²) in [7, 11) is 0. The summed E-state index contributed by atoms with van der Waals surface area (Å²) in [6.07, 6.45) is 1.01. The number of para-hydroxylation sites is 1. The number of benzene rings is 2. The molecule has 2 N–H and O–H groups in total. The average molecular weight is 365 g/mol. The molecule has 1 fully saturated rings. The van der Waals surface area contributed by atoms with Gasteiger partial charge in [-0.15, -0.1) is 0 Å². The lowest BCUT2D eigenvalue weighted by atomic mass is 10.1. The first-order valence-electron chi connectivity index (χ1n) is 9.73. The number of likely N-dealkylation sites (tertiary alicyclic amines) is 1. The van der Waals surface area contributed by atoms with Gasteiger partial charge in [-0.2, -0.15) is 0 Å². The zero-order valence-corrected chi connectivity index (χ0v) is 16.2. The zero-order valence-electron chi connectivity index (χ0n) is 16.2. The molecule has 1 aromatic heterocycles. The third-order valence-corrected chi connectivity index (χ3v) is 5.65. The predicted molar refractivity (Wildman–Crippen MR) is 110 cm³/mol. The SMILES string of the molecule is Cc1c(NC(=O)N2CCC(O)CC2)ccc2c1c1ccccc1n2C(C)C. The van der Waals surface area contributed by atoms with E-state index in [1.54, 1.807) is 4.90 Å². The largest absolute Gasteiger partial charge is 0.393 e. The van der Waals surface area contributed by atoms with E-state index in [1.165, 1.54) is 21.8 Å². The number of aliphatic hydroxyl groups excluding tert-OH is 1. The van der Waals surface area contributed by atoms with Crippen molar-refractivity contribution in [3.63, 3.8) is 0 Å². The molecule has 0 unspecified atom stereocenters. The number of amides is 2. The minimum absolute atomic E-state index is 0.0862. The molecule has 0 bridgehead atoms. The first kappa shape index (κ1) is 17.9. The van der Waals surface area contributed by atoms with Gasteiger partial charge in [0, 0.05) is 46.6 Å². The average Bonchev–Trinajstić information content (AvgIpc) is 2.99. The van der Waals surface area contributed by atoms with Crippen molar-refractivity contribution in [2.24, 2.45) is 0 Å². The van der Waals surface area contributed by atoms with Gasteiger partial charge < -0.3 is 19.9 Å². The normalized spacial score (nSPS) is 15.8. The lowest BCUT2D eigenvalue weighted by Crippen LogP contribution is -2.42. The Bertz CT molecular complexity index is 998. The summed E-state index contributed by atoms with van der Waals surface area (Å²) in [5.74, 6) is 0. The molecule has 4 rings (SSSR count). The Hall–Kier alpha value is -2.53. The molecule has 3 aromatic rings. The number of piperidine rings is 1. The Labute approximate surface area is 159 Å². The van der Waals surface area contributed by atoms with E-state index in [0.717, 1.165) is 11.3 Å². The standard InChI is InChI=1S/C22H27N3O2/c1-14(2)25-19-7-5-4-6-17(19)21-15(3)18(8-9-20(21)25)23-22(27)24-12-10-16(26)11-13-24/h4-9,14,16,26H,10-13H2,1-3H3,(H,23,27). The third kappa shape index (κ3) is 3.06. The second kappa shape index (κ2) is 6.89. The Morgan fingerprint density at radius 3 is 2.52 bits per heavy atom. The van der Waals surface area contributed by atoms with Crippen LogP contribution in [0.25, 0.3) is 21.8 Å². The van der Waals surface area contributed by atoms with E-state index >= 15 is 0 Å². The van der Waals surface area contributed by atoms with Crippen molar-refractivity contribution < 1.29 is 9.90 Å². The minimum Gasteiger partial charge on any atom is -0.393 e. The Kier molecular flexibility index (Phi) is 4.56. The second-order valence-corrected chi connectivity index (χ2v) is 7.76. The van der Waals surface area contributed by atoms with Crippen molar-refractivity contribution in [1.29, 1.82) is 0 Å². The summed E-state index contributed by atoms with van der Waals surface area (Å²) in [6, 6.07) is 12.8. The summed E-state index contributed by atoms with van der Waals surface area (Å²) in [5, 5.41) is 15.2. The molecular formula is C22H27N3O2. The topological polar surface area (TPSA) is 57.5 Å². The van der Waals surface area contributed by atoms with Gasteiger partial charge in [0.25, 0.3) is 0 Å². The van der Waals surface area contributed by atoms with E-state index in [0.29, 0.717) is 32.0 Å². The monoisotopic (exact) mass is 365 g/mol. The number of hydrogen-bond acceptors (Lipinski definition) is 2. The molecule has 2 amide bonds. The maximum Gasteiger partial charge on any atom is 0.321 e. The number of carbonyl (C=O) groups excluding carboxylic acids is 1. The number of fused-ring (bicyclic) bond motifs is 3. The molecule has 5 heteroatoms. The lowest BCUT2D eigenvalue weighted by Gasteiger charge is -2.29. The molecule has 1 aliphatic heterocycles. The number of urea groups is 1. The molecule has 27 heavy (non-hydrogen) atoms. The summed E-state index contributed by atoms with van der Waals surface area (Å²) >= 11 is 0. The fourth-order valence-corrected chi connectivity index (χ4v) is 4.22. The minimum atomic E-state index is -0.283. The highest BCUT2D eigenvalue weighted by Crippen LogP contribution is 2.36. The molecule has 0 saturated carbocycles. The van der Waals surface area contributed by atoms with Crippen LogP contribution in [0.1, 0.15) is 38.3 Å². The van der Waals surface area contributed by atoms with Crippen molar-refractivity contribution in [3.05, 3.63) is 42.0 Å². The highest BCUT2D eigenvalue weighted by atomic mass is 16.3. The molecule has 0 aliphatic carbocycles. The van der Waals surface area contributed by atoms with E-state index < -0.39 is 0 Å². The van der Waals surface area contributed by atoms with E-state index in [-0.39, 0.29) is 12.1 Å².